The van der Waals surface area contributed by atoms with Crippen LogP contribution in [0, 0.1) is 0 Å². The maximum atomic E-state index is 12.9. The van der Waals surface area contributed by atoms with E-state index in [0.717, 1.165) is 37.2 Å². The van der Waals surface area contributed by atoms with Gasteiger partial charge in [-0.3, -0.25) is 9.59 Å². The summed E-state index contributed by atoms with van der Waals surface area (Å²) in [5, 5.41) is 3.00. The van der Waals surface area contributed by atoms with E-state index in [1.807, 2.05) is 30.3 Å². The van der Waals surface area contributed by atoms with Crippen molar-refractivity contribution in [3.05, 3.63) is 59.2 Å². The van der Waals surface area contributed by atoms with Crippen LogP contribution >= 0.6 is 0 Å². The molecule has 0 radical (unpaired) electrons. The van der Waals surface area contributed by atoms with Gasteiger partial charge >= 0.3 is 0 Å². The third kappa shape index (κ3) is 3.68. The Hall–Kier alpha value is -2.62. The fourth-order valence-corrected chi connectivity index (χ4v) is 4.58. The molecule has 2 aliphatic rings. The van der Waals surface area contributed by atoms with Gasteiger partial charge in [0.05, 0.1) is 0 Å². The normalized spacial score (nSPS) is 19.7. The van der Waals surface area contributed by atoms with Crippen molar-refractivity contribution in [1.29, 1.82) is 0 Å². The number of rotatable bonds is 3. The number of nitrogens with one attached hydrogen (secondary N) is 1. The molecule has 4 rings (SSSR count). The SMILES string of the molecule is CC1(C)CCC(C)(C)c2cc(C(=O)Nc3ccc(N4CCCC4=O)cc3)ccc21. The minimum atomic E-state index is -0.100. The van der Waals surface area contributed by atoms with Crippen LogP contribution in [0.2, 0.25) is 0 Å². The van der Waals surface area contributed by atoms with Gasteiger partial charge in [-0.25, -0.2) is 0 Å². The first-order valence-corrected chi connectivity index (χ1v) is 10.5. The topological polar surface area (TPSA) is 49.4 Å². The number of amides is 2. The van der Waals surface area contributed by atoms with Gasteiger partial charge in [0.25, 0.3) is 5.91 Å². The van der Waals surface area contributed by atoms with Crippen LogP contribution in [0.25, 0.3) is 0 Å². The zero-order chi connectivity index (χ0) is 20.8. The van der Waals surface area contributed by atoms with Crippen LogP contribution in [-0.2, 0) is 15.6 Å². The zero-order valence-corrected chi connectivity index (χ0v) is 17.8. The lowest BCUT2D eigenvalue weighted by Crippen LogP contribution is -2.34. The summed E-state index contributed by atoms with van der Waals surface area (Å²) >= 11 is 0. The van der Waals surface area contributed by atoms with E-state index >= 15 is 0 Å². The highest BCUT2D eigenvalue weighted by molar-refractivity contribution is 6.04. The van der Waals surface area contributed by atoms with E-state index in [2.05, 4.69) is 45.1 Å². The van der Waals surface area contributed by atoms with Gasteiger partial charge < -0.3 is 10.2 Å². The highest BCUT2D eigenvalue weighted by atomic mass is 16.2. The summed E-state index contributed by atoms with van der Waals surface area (Å²) in [4.78, 5) is 26.6. The molecule has 1 aliphatic heterocycles. The van der Waals surface area contributed by atoms with Crippen molar-refractivity contribution >= 4 is 23.2 Å². The Bertz CT molecular complexity index is 957. The molecule has 0 aromatic heterocycles. The quantitative estimate of drug-likeness (QED) is 0.761. The minimum absolute atomic E-state index is 0.0745. The molecular weight excluding hydrogens is 360 g/mol. The van der Waals surface area contributed by atoms with Gasteiger partial charge in [-0.2, -0.15) is 0 Å². The molecule has 1 saturated heterocycles. The maximum Gasteiger partial charge on any atom is 0.255 e. The van der Waals surface area contributed by atoms with Crippen molar-refractivity contribution in [2.75, 3.05) is 16.8 Å². The van der Waals surface area contributed by atoms with Gasteiger partial charge in [0.2, 0.25) is 5.91 Å². The van der Waals surface area contributed by atoms with Crippen molar-refractivity contribution < 1.29 is 9.59 Å². The Labute approximate surface area is 173 Å². The summed E-state index contributed by atoms with van der Waals surface area (Å²) in [6.07, 6.45) is 3.80. The maximum absolute atomic E-state index is 12.9. The number of carbonyl (C=O) groups is 2. The summed E-state index contributed by atoms with van der Waals surface area (Å²) in [6.45, 7) is 9.87. The van der Waals surface area contributed by atoms with Crippen molar-refractivity contribution in [3.63, 3.8) is 0 Å². The van der Waals surface area contributed by atoms with E-state index in [4.69, 9.17) is 0 Å². The molecule has 4 heteroatoms. The molecule has 1 fully saturated rings. The Kier molecular flexibility index (Phi) is 4.76. The van der Waals surface area contributed by atoms with Gasteiger partial charge in [0.15, 0.2) is 0 Å². The van der Waals surface area contributed by atoms with Crippen molar-refractivity contribution in [1.82, 2.24) is 0 Å². The molecule has 2 aromatic carbocycles. The van der Waals surface area contributed by atoms with E-state index in [0.29, 0.717) is 12.0 Å². The molecule has 0 unspecified atom stereocenters. The second-order valence-electron chi connectivity index (χ2n) is 9.68. The lowest BCUT2D eigenvalue weighted by molar-refractivity contribution is -0.117. The Morgan fingerprint density at radius 2 is 1.59 bits per heavy atom. The molecule has 0 saturated carbocycles. The largest absolute Gasteiger partial charge is 0.322 e. The molecule has 2 amide bonds. The number of carbonyl (C=O) groups excluding carboxylic acids is 2. The monoisotopic (exact) mass is 390 g/mol. The number of anilines is 2. The number of nitrogens with zero attached hydrogens (tertiary/aromatic N) is 1. The first-order valence-electron chi connectivity index (χ1n) is 10.5. The second kappa shape index (κ2) is 7.01. The first-order chi connectivity index (χ1) is 13.7. The van der Waals surface area contributed by atoms with Crippen LogP contribution in [0.1, 0.15) is 74.9 Å². The smallest absolute Gasteiger partial charge is 0.255 e. The van der Waals surface area contributed by atoms with Crippen molar-refractivity contribution in [3.8, 4) is 0 Å². The molecule has 0 spiro atoms. The van der Waals surface area contributed by atoms with E-state index in [9.17, 15) is 9.59 Å². The second-order valence-corrected chi connectivity index (χ2v) is 9.68. The summed E-state index contributed by atoms with van der Waals surface area (Å²) in [7, 11) is 0. The molecule has 29 heavy (non-hydrogen) atoms. The number of hydrogen-bond donors (Lipinski definition) is 1. The molecule has 1 heterocycles. The average Bonchev–Trinajstić information content (AvgIpc) is 3.12. The molecule has 152 valence electrons. The van der Waals surface area contributed by atoms with Crippen molar-refractivity contribution in [2.24, 2.45) is 0 Å². The Balaban J connectivity index is 1.54. The molecule has 4 nitrogen and oxygen atoms in total. The number of benzene rings is 2. The molecule has 0 bridgehead atoms. The zero-order valence-electron chi connectivity index (χ0n) is 17.8. The standard InChI is InChI=1S/C25H30N2O2/c1-24(2)13-14-25(3,4)21-16-17(7-12-20(21)24)23(29)26-18-8-10-19(11-9-18)27-15-5-6-22(27)28/h7-12,16H,5-6,13-15H2,1-4H3,(H,26,29). The summed E-state index contributed by atoms with van der Waals surface area (Å²) < 4.78 is 0. The third-order valence-corrected chi connectivity index (χ3v) is 6.63. The Morgan fingerprint density at radius 3 is 2.21 bits per heavy atom. The third-order valence-electron chi connectivity index (χ3n) is 6.63. The molecule has 1 N–H and O–H groups in total. The van der Waals surface area contributed by atoms with Crippen LogP contribution in [0.3, 0.4) is 0 Å². The van der Waals surface area contributed by atoms with E-state index in [1.54, 1.807) is 4.90 Å². The van der Waals surface area contributed by atoms with E-state index < -0.39 is 0 Å². The van der Waals surface area contributed by atoms with Crippen LogP contribution in [0.5, 0.6) is 0 Å². The summed E-state index contributed by atoms with van der Waals surface area (Å²) in [6, 6.07) is 13.7. The highest BCUT2D eigenvalue weighted by Gasteiger charge is 2.37. The molecule has 0 atom stereocenters. The molecule has 1 aliphatic carbocycles. The number of hydrogen-bond acceptors (Lipinski definition) is 2. The lowest BCUT2D eigenvalue weighted by Gasteiger charge is -2.42. The van der Waals surface area contributed by atoms with Gasteiger partial charge in [-0.1, -0.05) is 33.8 Å². The van der Waals surface area contributed by atoms with Gasteiger partial charge in [0, 0.05) is 29.9 Å². The first kappa shape index (κ1) is 19.7. The predicted molar refractivity (Wildman–Crippen MR) is 118 cm³/mol. The van der Waals surface area contributed by atoms with Gasteiger partial charge in [-0.05, 0) is 77.6 Å². The molecule has 2 aromatic rings. The fourth-order valence-electron chi connectivity index (χ4n) is 4.58. The minimum Gasteiger partial charge on any atom is -0.322 e. The Morgan fingerprint density at radius 1 is 0.931 bits per heavy atom. The van der Waals surface area contributed by atoms with Gasteiger partial charge in [-0.15, -0.1) is 0 Å². The summed E-state index contributed by atoms with van der Waals surface area (Å²) in [5.41, 5.74) is 5.17. The highest BCUT2D eigenvalue weighted by Crippen LogP contribution is 2.45. The van der Waals surface area contributed by atoms with E-state index in [-0.39, 0.29) is 22.6 Å². The molecular formula is C25H30N2O2. The fraction of sp³-hybridized carbons (Fsp3) is 0.440. The lowest BCUT2D eigenvalue weighted by atomic mass is 9.63. The van der Waals surface area contributed by atoms with Crippen LogP contribution in [0.4, 0.5) is 11.4 Å². The average molecular weight is 391 g/mol. The summed E-state index contributed by atoms with van der Waals surface area (Å²) in [5.74, 6) is 0.0679. The van der Waals surface area contributed by atoms with Gasteiger partial charge in [0.1, 0.15) is 0 Å². The van der Waals surface area contributed by atoms with Crippen LogP contribution < -0.4 is 10.2 Å². The predicted octanol–water partition coefficient (Wildman–Crippen LogP) is 5.41. The number of fused-ring (bicyclic) bond motifs is 1. The van der Waals surface area contributed by atoms with E-state index in [1.165, 1.54) is 11.1 Å². The van der Waals surface area contributed by atoms with Crippen molar-refractivity contribution in [2.45, 2.75) is 64.2 Å². The van der Waals surface area contributed by atoms with Crippen LogP contribution in [-0.4, -0.2) is 18.4 Å². The van der Waals surface area contributed by atoms with Crippen LogP contribution in [0.15, 0.2) is 42.5 Å².